The number of benzene rings is 2. The Morgan fingerprint density at radius 3 is 2.42 bits per heavy atom. The van der Waals surface area contributed by atoms with E-state index in [9.17, 15) is 14.7 Å². The van der Waals surface area contributed by atoms with Gasteiger partial charge in [0.2, 0.25) is 0 Å². The number of ketones is 1. The minimum absolute atomic E-state index is 0.0516. The molecule has 0 aromatic heterocycles. The number of aliphatic hydroxyl groups excluding tert-OH is 1. The molecule has 1 atom stereocenters. The number of likely N-dealkylation sites (tertiary alicyclic amines) is 1. The normalized spacial score (nSPS) is 19.4. The molecule has 4 rings (SSSR count). The third-order valence-electron chi connectivity index (χ3n) is 7.45. The van der Waals surface area contributed by atoms with Gasteiger partial charge in [-0.3, -0.25) is 14.5 Å². The Labute approximate surface area is 236 Å². The van der Waals surface area contributed by atoms with Crippen LogP contribution in [0.25, 0.3) is 5.76 Å². The van der Waals surface area contributed by atoms with Crippen LogP contribution in [-0.4, -0.2) is 86.8 Å². The number of amides is 1. The molecule has 0 saturated carbocycles. The lowest BCUT2D eigenvalue weighted by atomic mass is 9.93. The van der Waals surface area contributed by atoms with E-state index in [1.54, 1.807) is 49.5 Å². The number of carbonyl (C=O) groups is 2. The van der Waals surface area contributed by atoms with Gasteiger partial charge in [0.15, 0.2) is 11.5 Å². The van der Waals surface area contributed by atoms with E-state index < -0.39 is 17.7 Å². The van der Waals surface area contributed by atoms with Gasteiger partial charge in [0.25, 0.3) is 11.7 Å². The van der Waals surface area contributed by atoms with Crippen LogP contribution < -0.4 is 14.2 Å². The topological polar surface area (TPSA) is 97.8 Å². The summed E-state index contributed by atoms with van der Waals surface area (Å²) in [6, 6.07) is 9.84. The molecule has 2 aliphatic rings. The first-order valence-electron chi connectivity index (χ1n) is 13.8. The van der Waals surface area contributed by atoms with Gasteiger partial charge in [-0.25, -0.2) is 0 Å². The minimum atomic E-state index is -0.791. The Kier molecular flexibility index (Phi) is 9.71. The van der Waals surface area contributed by atoms with Crippen molar-refractivity contribution in [2.24, 2.45) is 5.92 Å². The molecule has 2 fully saturated rings. The molecular formula is C31H40N2O7. The van der Waals surface area contributed by atoms with Crippen LogP contribution in [0.4, 0.5) is 0 Å². The van der Waals surface area contributed by atoms with E-state index in [1.807, 2.05) is 13.0 Å². The van der Waals surface area contributed by atoms with Gasteiger partial charge in [-0.1, -0.05) is 19.9 Å². The van der Waals surface area contributed by atoms with Crippen LogP contribution in [0.3, 0.4) is 0 Å². The van der Waals surface area contributed by atoms with Gasteiger partial charge in [0, 0.05) is 31.7 Å². The summed E-state index contributed by atoms with van der Waals surface area (Å²) in [6.07, 6.45) is 0.897. The van der Waals surface area contributed by atoms with E-state index in [2.05, 4.69) is 18.7 Å². The van der Waals surface area contributed by atoms with Crippen molar-refractivity contribution >= 4 is 17.4 Å². The van der Waals surface area contributed by atoms with Crippen molar-refractivity contribution in [2.75, 3.05) is 60.2 Å². The van der Waals surface area contributed by atoms with Crippen LogP contribution in [0, 0.1) is 12.8 Å². The zero-order chi connectivity index (χ0) is 28.8. The van der Waals surface area contributed by atoms with E-state index >= 15 is 0 Å². The summed E-state index contributed by atoms with van der Waals surface area (Å²) in [4.78, 5) is 30.7. The molecule has 2 aromatic carbocycles. The Balaban J connectivity index is 1.75. The maximum atomic E-state index is 13.5. The molecule has 2 saturated heterocycles. The number of hydrogen-bond acceptors (Lipinski definition) is 8. The SMILES string of the molecule is COc1ccc(C(O)=C2C(=O)C(=O)N(CCN3CCOCC3)C2c2ccc(OCCC(C)C)c(OC)c2)c(C)c1. The molecule has 9 heteroatoms. The van der Waals surface area contributed by atoms with Gasteiger partial charge in [0.1, 0.15) is 11.5 Å². The van der Waals surface area contributed by atoms with Crippen molar-refractivity contribution in [1.82, 2.24) is 9.80 Å². The first kappa shape index (κ1) is 29.4. The van der Waals surface area contributed by atoms with Crippen molar-refractivity contribution in [3.63, 3.8) is 0 Å². The Hall–Kier alpha value is -3.56. The highest BCUT2D eigenvalue weighted by Gasteiger charge is 2.46. The highest BCUT2D eigenvalue weighted by molar-refractivity contribution is 6.46. The molecule has 40 heavy (non-hydrogen) atoms. The first-order chi connectivity index (χ1) is 19.2. The zero-order valence-corrected chi connectivity index (χ0v) is 24.1. The Bertz CT molecular complexity index is 1250. The maximum Gasteiger partial charge on any atom is 0.295 e. The quantitative estimate of drug-likeness (QED) is 0.252. The van der Waals surface area contributed by atoms with Gasteiger partial charge in [-0.2, -0.15) is 0 Å². The van der Waals surface area contributed by atoms with Crippen LogP contribution >= 0.6 is 0 Å². The van der Waals surface area contributed by atoms with E-state index in [0.29, 0.717) is 67.2 Å². The molecule has 2 aliphatic heterocycles. The lowest BCUT2D eigenvalue weighted by Crippen LogP contribution is -2.42. The number of nitrogens with zero attached hydrogens (tertiary/aromatic N) is 2. The van der Waals surface area contributed by atoms with Crippen LogP contribution in [0.15, 0.2) is 42.0 Å². The number of aliphatic hydroxyl groups is 1. The number of Topliss-reactive ketones (excluding diaryl/α,β-unsaturated/α-hetero) is 1. The number of morpholine rings is 1. The fourth-order valence-electron chi connectivity index (χ4n) is 5.08. The number of ether oxygens (including phenoxy) is 4. The van der Waals surface area contributed by atoms with E-state index in [1.165, 1.54) is 0 Å². The summed E-state index contributed by atoms with van der Waals surface area (Å²) in [5.41, 5.74) is 1.90. The number of rotatable bonds is 11. The minimum Gasteiger partial charge on any atom is -0.507 e. The molecule has 0 aliphatic carbocycles. The standard InChI is InChI=1S/C31H40N2O7/c1-20(2)10-15-40-25-9-6-22(19-26(25)38-5)28-27(29(34)24-8-7-23(37-4)18-21(24)3)30(35)31(36)33(28)12-11-32-13-16-39-17-14-32/h6-9,18-20,28,34H,10-17H2,1-5H3. The van der Waals surface area contributed by atoms with Crippen molar-refractivity contribution in [3.05, 3.63) is 58.7 Å². The average Bonchev–Trinajstić information content (AvgIpc) is 3.21. The molecule has 1 N–H and O–H groups in total. The molecule has 1 amide bonds. The van der Waals surface area contributed by atoms with Crippen molar-refractivity contribution < 1.29 is 33.6 Å². The van der Waals surface area contributed by atoms with Gasteiger partial charge in [-0.05, 0) is 60.7 Å². The molecule has 216 valence electrons. The molecular weight excluding hydrogens is 512 g/mol. The highest BCUT2D eigenvalue weighted by Crippen LogP contribution is 2.42. The number of carbonyl (C=O) groups excluding carboxylic acids is 2. The number of methoxy groups -OCH3 is 2. The fraction of sp³-hybridized carbons (Fsp3) is 0.484. The summed E-state index contributed by atoms with van der Waals surface area (Å²) < 4.78 is 22.4. The third kappa shape index (κ3) is 6.42. The first-order valence-corrected chi connectivity index (χ1v) is 13.8. The Morgan fingerprint density at radius 1 is 1.02 bits per heavy atom. The van der Waals surface area contributed by atoms with Crippen molar-refractivity contribution in [1.29, 1.82) is 0 Å². The zero-order valence-electron chi connectivity index (χ0n) is 24.1. The number of hydrogen-bond donors (Lipinski definition) is 1. The average molecular weight is 553 g/mol. The third-order valence-corrected chi connectivity index (χ3v) is 7.45. The summed E-state index contributed by atoms with van der Waals surface area (Å²) in [7, 11) is 3.13. The molecule has 2 aromatic rings. The van der Waals surface area contributed by atoms with E-state index in [-0.39, 0.29) is 11.3 Å². The lowest BCUT2D eigenvalue weighted by molar-refractivity contribution is -0.140. The van der Waals surface area contributed by atoms with Crippen molar-refractivity contribution in [2.45, 2.75) is 33.2 Å². The smallest absolute Gasteiger partial charge is 0.295 e. The molecule has 0 spiro atoms. The second kappa shape index (κ2) is 13.2. The van der Waals surface area contributed by atoms with E-state index in [4.69, 9.17) is 18.9 Å². The Morgan fingerprint density at radius 2 is 1.77 bits per heavy atom. The second-order valence-corrected chi connectivity index (χ2v) is 10.6. The van der Waals surface area contributed by atoms with Crippen LogP contribution in [-0.2, 0) is 14.3 Å². The summed E-state index contributed by atoms with van der Waals surface area (Å²) >= 11 is 0. The predicted octanol–water partition coefficient (Wildman–Crippen LogP) is 4.19. The monoisotopic (exact) mass is 552 g/mol. The van der Waals surface area contributed by atoms with Gasteiger partial charge in [0.05, 0.1) is 45.7 Å². The number of aryl methyl sites for hydroxylation is 1. The van der Waals surface area contributed by atoms with Crippen LogP contribution in [0.1, 0.15) is 43.0 Å². The second-order valence-electron chi connectivity index (χ2n) is 10.6. The van der Waals surface area contributed by atoms with Gasteiger partial charge in [-0.15, -0.1) is 0 Å². The van der Waals surface area contributed by atoms with Gasteiger partial charge >= 0.3 is 0 Å². The van der Waals surface area contributed by atoms with E-state index in [0.717, 1.165) is 25.1 Å². The molecule has 0 radical (unpaired) electrons. The maximum absolute atomic E-state index is 13.5. The lowest BCUT2D eigenvalue weighted by Gasteiger charge is -2.31. The molecule has 0 bridgehead atoms. The molecule has 2 heterocycles. The van der Waals surface area contributed by atoms with Crippen LogP contribution in [0.5, 0.6) is 17.2 Å². The van der Waals surface area contributed by atoms with Gasteiger partial charge < -0.3 is 29.0 Å². The predicted molar refractivity (Wildman–Crippen MR) is 152 cm³/mol. The van der Waals surface area contributed by atoms with Crippen molar-refractivity contribution in [3.8, 4) is 17.2 Å². The summed E-state index contributed by atoms with van der Waals surface area (Å²) in [5, 5.41) is 11.5. The summed E-state index contributed by atoms with van der Waals surface area (Å²) in [6.45, 7) is 10.3. The largest absolute Gasteiger partial charge is 0.507 e. The molecule has 1 unspecified atom stereocenters. The van der Waals surface area contributed by atoms with Crippen LogP contribution in [0.2, 0.25) is 0 Å². The summed E-state index contributed by atoms with van der Waals surface area (Å²) in [5.74, 6) is 0.655. The molecule has 9 nitrogen and oxygen atoms in total. The fourth-order valence-corrected chi connectivity index (χ4v) is 5.08. The highest BCUT2D eigenvalue weighted by atomic mass is 16.5.